The number of alkyl halides is 3. The number of aromatic nitrogens is 3. The fourth-order valence-corrected chi connectivity index (χ4v) is 1.76. The predicted octanol–water partition coefficient (Wildman–Crippen LogP) is 1.70. The summed E-state index contributed by atoms with van der Waals surface area (Å²) in [6.07, 6.45) is -3.27. The quantitative estimate of drug-likeness (QED) is 0.832. The topological polar surface area (TPSA) is 50.9 Å². The Hall–Kier alpha value is -0.760. The molecule has 0 spiro atoms. The summed E-state index contributed by atoms with van der Waals surface area (Å²) in [5.41, 5.74) is -0.959. The van der Waals surface area contributed by atoms with Crippen molar-refractivity contribution in [3.8, 4) is 0 Å². The Labute approximate surface area is 94.9 Å². The van der Waals surface area contributed by atoms with Crippen LogP contribution in [0.2, 0.25) is 0 Å². The van der Waals surface area contributed by atoms with E-state index in [4.69, 9.17) is 0 Å². The Morgan fingerprint density at radius 1 is 1.44 bits per heavy atom. The lowest BCUT2D eigenvalue weighted by Crippen LogP contribution is -2.23. The zero-order valence-corrected chi connectivity index (χ0v) is 9.64. The summed E-state index contributed by atoms with van der Waals surface area (Å²) in [6, 6.07) is 0. The van der Waals surface area contributed by atoms with Gasteiger partial charge in [0.25, 0.3) is 0 Å². The lowest BCUT2D eigenvalue weighted by atomic mass is 10.2. The van der Waals surface area contributed by atoms with Crippen LogP contribution in [-0.4, -0.2) is 37.4 Å². The molecule has 0 amide bonds. The third kappa shape index (κ3) is 4.84. The Kier molecular flexibility index (Phi) is 3.84. The third-order valence-corrected chi connectivity index (χ3v) is 2.91. The van der Waals surface area contributed by atoms with Crippen molar-refractivity contribution in [2.75, 3.05) is 5.75 Å². The second-order valence-electron chi connectivity index (χ2n) is 3.96. The predicted molar refractivity (Wildman–Crippen MR) is 53.1 cm³/mol. The standard InChI is InChI=1S/C8H12F3N3OS/c1-7(2,15)4-16-6-13-12-5-14(6)3-8(9,10)11/h5,15H,3-4H2,1-2H3. The van der Waals surface area contributed by atoms with E-state index in [0.717, 1.165) is 22.7 Å². The molecule has 0 saturated heterocycles. The third-order valence-electron chi connectivity index (χ3n) is 1.48. The van der Waals surface area contributed by atoms with Crippen molar-refractivity contribution in [3.05, 3.63) is 6.33 Å². The van der Waals surface area contributed by atoms with Crippen molar-refractivity contribution >= 4 is 11.8 Å². The molecule has 0 aliphatic heterocycles. The minimum atomic E-state index is -4.30. The largest absolute Gasteiger partial charge is 0.406 e. The number of hydrogen-bond donors (Lipinski definition) is 1. The zero-order chi connectivity index (χ0) is 12.4. The molecule has 0 aliphatic rings. The Morgan fingerprint density at radius 3 is 2.56 bits per heavy atom. The van der Waals surface area contributed by atoms with Crippen LogP contribution < -0.4 is 0 Å². The zero-order valence-electron chi connectivity index (χ0n) is 8.82. The van der Waals surface area contributed by atoms with E-state index in [2.05, 4.69) is 10.2 Å². The van der Waals surface area contributed by atoms with E-state index in [-0.39, 0.29) is 10.9 Å². The van der Waals surface area contributed by atoms with Crippen LogP contribution in [0.25, 0.3) is 0 Å². The molecule has 1 rings (SSSR count). The number of thioether (sulfide) groups is 1. The molecule has 1 aromatic rings. The number of aliphatic hydroxyl groups is 1. The lowest BCUT2D eigenvalue weighted by molar-refractivity contribution is -0.142. The minimum Gasteiger partial charge on any atom is -0.390 e. The van der Waals surface area contributed by atoms with E-state index in [0.29, 0.717) is 0 Å². The summed E-state index contributed by atoms with van der Waals surface area (Å²) >= 11 is 1.04. The van der Waals surface area contributed by atoms with Gasteiger partial charge in [-0.15, -0.1) is 10.2 Å². The molecule has 0 aliphatic carbocycles. The van der Waals surface area contributed by atoms with Crippen molar-refractivity contribution < 1.29 is 18.3 Å². The van der Waals surface area contributed by atoms with Crippen molar-refractivity contribution in [2.24, 2.45) is 0 Å². The second-order valence-corrected chi connectivity index (χ2v) is 4.90. The van der Waals surface area contributed by atoms with Gasteiger partial charge in [-0.25, -0.2) is 0 Å². The average molecular weight is 255 g/mol. The van der Waals surface area contributed by atoms with Crippen LogP contribution in [0.5, 0.6) is 0 Å². The van der Waals surface area contributed by atoms with Gasteiger partial charge in [-0.1, -0.05) is 11.8 Å². The highest BCUT2D eigenvalue weighted by molar-refractivity contribution is 7.99. The molecular weight excluding hydrogens is 243 g/mol. The molecule has 0 radical (unpaired) electrons. The first-order chi connectivity index (χ1) is 7.17. The Morgan fingerprint density at radius 2 is 2.06 bits per heavy atom. The van der Waals surface area contributed by atoms with Crippen LogP contribution >= 0.6 is 11.8 Å². The van der Waals surface area contributed by atoms with Crippen LogP contribution in [0.4, 0.5) is 13.2 Å². The molecule has 0 atom stereocenters. The maximum Gasteiger partial charge on any atom is 0.406 e. The van der Waals surface area contributed by atoms with E-state index in [1.807, 2.05) is 0 Å². The molecule has 16 heavy (non-hydrogen) atoms. The van der Waals surface area contributed by atoms with Gasteiger partial charge in [0.2, 0.25) is 0 Å². The number of nitrogens with zero attached hydrogens (tertiary/aromatic N) is 3. The minimum absolute atomic E-state index is 0.152. The molecular formula is C8H12F3N3OS. The van der Waals surface area contributed by atoms with E-state index in [1.165, 1.54) is 0 Å². The van der Waals surface area contributed by atoms with Gasteiger partial charge in [-0.05, 0) is 13.8 Å². The molecule has 1 heterocycles. The summed E-state index contributed by atoms with van der Waals surface area (Å²) in [7, 11) is 0. The fourth-order valence-electron chi connectivity index (χ4n) is 0.899. The normalized spacial score (nSPS) is 13.1. The Balaban J connectivity index is 2.64. The van der Waals surface area contributed by atoms with E-state index < -0.39 is 18.3 Å². The monoisotopic (exact) mass is 255 g/mol. The molecule has 1 aromatic heterocycles. The van der Waals surface area contributed by atoms with Crippen LogP contribution in [0.1, 0.15) is 13.8 Å². The van der Waals surface area contributed by atoms with Gasteiger partial charge in [0.1, 0.15) is 12.9 Å². The van der Waals surface area contributed by atoms with Gasteiger partial charge < -0.3 is 5.11 Å². The molecule has 92 valence electrons. The molecule has 1 N–H and O–H groups in total. The number of halogens is 3. The van der Waals surface area contributed by atoms with Crippen LogP contribution in [0.3, 0.4) is 0 Å². The molecule has 8 heteroatoms. The van der Waals surface area contributed by atoms with Crippen LogP contribution in [0.15, 0.2) is 11.5 Å². The van der Waals surface area contributed by atoms with Crippen molar-refractivity contribution in [1.29, 1.82) is 0 Å². The van der Waals surface area contributed by atoms with Crippen molar-refractivity contribution in [1.82, 2.24) is 14.8 Å². The SMILES string of the molecule is CC(C)(O)CSc1nncn1CC(F)(F)F. The van der Waals surface area contributed by atoms with Gasteiger partial charge in [-0.3, -0.25) is 4.57 Å². The smallest absolute Gasteiger partial charge is 0.390 e. The van der Waals surface area contributed by atoms with E-state index in [9.17, 15) is 18.3 Å². The molecule has 0 saturated carbocycles. The molecule has 0 fully saturated rings. The molecule has 0 aromatic carbocycles. The van der Waals surface area contributed by atoms with Crippen molar-refractivity contribution in [2.45, 2.75) is 37.3 Å². The fraction of sp³-hybridized carbons (Fsp3) is 0.750. The first-order valence-electron chi connectivity index (χ1n) is 4.47. The highest BCUT2D eigenvalue weighted by atomic mass is 32.2. The first kappa shape index (κ1) is 13.3. The van der Waals surface area contributed by atoms with Gasteiger partial charge in [0.15, 0.2) is 5.16 Å². The van der Waals surface area contributed by atoms with Gasteiger partial charge in [0.05, 0.1) is 5.60 Å². The summed E-state index contributed by atoms with van der Waals surface area (Å²) in [5.74, 6) is 0.254. The molecule has 0 unspecified atom stereocenters. The lowest BCUT2D eigenvalue weighted by Gasteiger charge is -2.16. The summed E-state index contributed by atoms with van der Waals surface area (Å²) in [6.45, 7) is 2.03. The highest BCUT2D eigenvalue weighted by Gasteiger charge is 2.29. The van der Waals surface area contributed by atoms with Gasteiger partial charge >= 0.3 is 6.18 Å². The Bertz CT molecular complexity index is 345. The molecule has 4 nitrogen and oxygen atoms in total. The number of rotatable bonds is 4. The second kappa shape index (κ2) is 4.62. The summed E-state index contributed by atoms with van der Waals surface area (Å²) in [4.78, 5) is 0. The summed E-state index contributed by atoms with van der Waals surface area (Å²) < 4.78 is 37.3. The van der Waals surface area contributed by atoms with E-state index >= 15 is 0 Å². The molecule has 0 bridgehead atoms. The van der Waals surface area contributed by atoms with Crippen LogP contribution in [0, 0.1) is 0 Å². The van der Waals surface area contributed by atoms with E-state index in [1.54, 1.807) is 13.8 Å². The average Bonchev–Trinajstić information content (AvgIpc) is 2.44. The number of hydrogen-bond acceptors (Lipinski definition) is 4. The van der Waals surface area contributed by atoms with Gasteiger partial charge in [-0.2, -0.15) is 13.2 Å². The highest BCUT2D eigenvalue weighted by Crippen LogP contribution is 2.24. The van der Waals surface area contributed by atoms with Crippen molar-refractivity contribution in [3.63, 3.8) is 0 Å². The summed E-state index contributed by atoms with van der Waals surface area (Å²) in [5, 5.41) is 16.6. The maximum atomic E-state index is 12.1. The van der Waals surface area contributed by atoms with Crippen LogP contribution in [-0.2, 0) is 6.54 Å². The first-order valence-corrected chi connectivity index (χ1v) is 5.46. The maximum absolute atomic E-state index is 12.1. The van der Waals surface area contributed by atoms with Gasteiger partial charge in [0, 0.05) is 5.75 Å².